The van der Waals surface area contributed by atoms with Crippen LogP contribution in [0, 0.1) is 0 Å². The summed E-state index contributed by atoms with van der Waals surface area (Å²) in [5.41, 5.74) is -0.188. The van der Waals surface area contributed by atoms with Crippen LogP contribution < -0.4 is 4.74 Å². The van der Waals surface area contributed by atoms with Gasteiger partial charge in [-0.15, -0.1) is 0 Å². The molecular weight excluding hydrogens is 244 g/mol. The zero-order valence-electron chi connectivity index (χ0n) is 8.25. The highest BCUT2D eigenvalue weighted by Gasteiger charge is 2.17. The summed E-state index contributed by atoms with van der Waals surface area (Å²) in [5.74, 6) is -1.14. The minimum Gasteiger partial charge on any atom is -0.462 e. The first kappa shape index (κ1) is 12.6. The Labute approximate surface area is 95.1 Å². The maximum atomic E-state index is 12.0. The van der Waals surface area contributed by atoms with Crippen LogP contribution in [0.25, 0.3) is 0 Å². The fourth-order valence-corrected chi connectivity index (χ4v) is 1.12. The first-order chi connectivity index (χ1) is 7.54. The summed E-state index contributed by atoms with van der Waals surface area (Å²) < 4.78 is 32.9. The van der Waals surface area contributed by atoms with E-state index in [-0.39, 0.29) is 23.1 Å². The quantitative estimate of drug-likeness (QED) is 0.609. The van der Waals surface area contributed by atoms with Gasteiger partial charge in [-0.3, -0.25) is 0 Å². The Morgan fingerprint density at radius 3 is 2.88 bits per heavy atom. The molecule has 0 aromatic carbocycles. The number of hydrogen-bond acceptors (Lipinski definition) is 4. The fourth-order valence-electron chi connectivity index (χ4n) is 0.969. The molecule has 0 aliphatic rings. The van der Waals surface area contributed by atoms with Crippen LogP contribution in [0.2, 0.25) is 5.15 Å². The molecule has 0 unspecified atom stereocenters. The van der Waals surface area contributed by atoms with Crippen molar-refractivity contribution < 1.29 is 23.0 Å². The largest absolute Gasteiger partial charge is 0.462 e. The summed E-state index contributed by atoms with van der Waals surface area (Å²) in [6.07, 6.45) is 1.03. The fraction of sp³-hybridized carbons (Fsp3) is 0.333. The van der Waals surface area contributed by atoms with E-state index in [0.717, 1.165) is 12.3 Å². The van der Waals surface area contributed by atoms with Crippen LogP contribution in [-0.4, -0.2) is 24.2 Å². The molecule has 1 aromatic rings. The molecule has 0 spiro atoms. The number of ether oxygens (including phenoxy) is 2. The van der Waals surface area contributed by atoms with Crippen molar-refractivity contribution in [2.75, 3.05) is 6.61 Å². The van der Waals surface area contributed by atoms with Gasteiger partial charge in [-0.25, -0.2) is 9.78 Å². The zero-order valence-corrected chi connectivity index (χ0v) is 9.00. The maximum Gasteiger partial charge on any atom is 0.387 e. The number of hydrogen-bond donors (Lipinski definition) is 0. The molecule has 4 nitrogen and oxygen atoms in total. The molecule has 0 bridgehead atoms. The minimum atomic E-state index is -3.05. The molecule has 0 aliphatic heterocycles. The topological polar surface area (TPSA) is 48.4 Å². The summed E-state index contributed by atoms with van der Waals surface area (Å²) in [4.78, 5) is 14.9. The second-order valence-electron chi connectivity index (χ2n) is 2.60. The molecule has 16 heavy (non-hydrogen) atoms. The molecule has 1 heterocycles. The number of aromatic nitrogens is 1. The molecular formula is C9H8ClF2NO3. The van der Waals surface area contributed by atoms with E-state index in [0.29, 0.717) is 0 Å². The SMILES string of the molecule is CCOC(=O)c1cnc(Cl)cc1OC(F)F. The molecule has 0 radical (unpaired) electrons. The molecule has 88 valence electrons. The van der Waals surface area contributed by atoms with Crippen molar-refractivity contribution in [1.82, 2.24) is 4.98 Å². The van der Waals surface area contributed by atoms with Gasteiger partial charge in [0.25, 0.3) is 0 Å². The van der Waals surface area contributed by atoms with Crippen LogP contribution in [0.4, 0.5) is 8.78 Å². The van der Waals surface area contributed by atoms with E-state index in [4.69, 9.17) is 11.6 Å². The number of carbonyl (C=O) groups excluding carboxylic acids is 1. The summed E-state index contributed by atoms with van der Waals surface area (Å²) >= 11 is 5.49. The summed E-state index contributed by atoms with van der Waals surface area (Å²) in [6, 6.07) is 1.03. The van der Waals surface area contributed by atoms with Crippen LogP contribution in [0.5, 0.6) is 5.75 Å². The van der Waals surface area contributed by atoms with Gasteiger partial charge in [-0.05, 0) is 6.92 Å². The maximum absolute atomic E-state index is 12.0. The molecule has 0 atom stereocenters. The van der Waals surface area contributed by atoms with E-state index in [1.165, 1.54) is 0 Å². The molecule has 0 N–H and O–H groups in total. The van der Waals surface area contributed by atoms with Gasteiger partial charge >= 0.3 is 12.6 Å². The molecule has 1 rings (SSSR count). The Hall–Kier alpha value is -1.43. The molecule has 0 amide bonds. The third-order valence-electron chi connectivity index (χ3n) is 1.54. The summed E-state index contributed by atoms with van der Waals surface area (Å²) in [6.45, 7) is -1.34. The first-order valence-corrected chi connectivity index (χ1v) is 4.70. The highest BCUT2D eigenvalue weighted by Crippen LogP contribution is 2.23. The molecule has 1 aromatic heterocycles. The first-order valence-electron chi connectivity index (χ1n) is 4.32. The van der Waals surface area contributed by atoms with Crippen molar-refractivity contribution >= 4 is 17.6 Å². The lowest BCUT2D eigenvalue weighted by atomic mass is 10.2. The lowest BCUT2D eigenvalue weighted by Crippen LogP contribution is -2.11. The predicted octanol–water partition coefficient (Wildman–Crippen LogP) is 2.51. The normalized spacial score (nSPS) is 10.3. The Morgan fingerprint density at radius 2 is 2.31 bits per heavy atom. The summed E-state index contributed by atoms with van der Waals surface area (Å²) in [7, 11) is 0. The van der Waals surface area contributed by atoms with E-state index in [1.54, 1.807) is 6.92 Å². The van der Waals surface area contributed by atoms with E-state index in [2.05, 4.69) is 14.5 Å². The van der Waals surface area contributed by atoms with Crippen LogP contribution in [0.15, 0.2) is 12.3 Å². The molecule has 0 aliphatic carbocycles. The van der Waals surface area contributed by atoms with Crippen LogP contribution in [0.1, 0.15) is 17.3 Å². The Kier molecular flexibility index (Phi) is 4.42. The van der Waals surface area contributed by atoms with Gasteiger partial charge in [0.2, 0.25) is 0 Å². The van der Waals surface area contributed by atoms with Gasteiger partial charge in [0.1, 0.15) is 16.5 Å². The summed E-state index contributed by atoms with van der Waals surface area (Å²) in [5, 5.41) is -0.0521. The van der Waals surface area contributed by atoms with Crippen LogP contribution >= 0.6 is 11.6 Å². The van der Waals surface area contributed by atoms with Gasteiger partial charge in [0, 0.05) is 12.3 Å². The van der Waals surface area contributed by atoms with Crippen molar-refractivity contribution in [2.45, 2.75) is 13.5 Å². The number of esters is 1. The number of carbonyl (C=O) groups is 1. The predicted molar refractivity (Wildman–Crippen MR) is 51.8 cm³/mol. The van der Waals surface area contributed by atoms with E-state index in [9.17, 15) is 13.6 Å². The Morgan fingerprint density at radius 1 is 1.62 bits per heavy atom. The van der Waals surface area contributed by atoms with E-state index < -0.39 is 12.6 Å². The van der Waals surface area contributed by atoms with Crippen molar-refractivity contribution in [1.29, 1.82) is 0 Å². The monoisotopic (exact) mass is 251 g/mol. The average Bonchev–Trinajstić information content (AvgIpc) is 2.16. The zero-order chi connectivity index (χ0) is 12.1. The van der Waals surface area contributed by atoms with Crippen LogP contribution in [0.3, 0.4) is 0 Å². The number of nitrogens with zero attached hydrogens (tertiary/aromatic N) is 1. The number of pyridine rings is 1. The van der Waals surface area contributed by atoms with Gasteiger partial charge in [-0.2, -0.15) is 8.78 Å². The highest BCUT2D eigenvalue weighted by atomic mass is 35.5. The molecule has 0 saturated heterocycles. The number of rotatable bonds is 4. The second-order valence-corrected chi connectivity index (χ2v) is 2.99. The third kappa shape index (κ3) is 3.30. The Balaban J connectivity index is 3.02. The number of halogens is 3. The average molecular weight is 252 g/mol. The van der Waals surface area contributed by atoms with Crippen molar-refractivity contribution in [3.05, 3.63) is 23.0 Å². The van der Waals surface area contributed by atoms with Gasteiger partial charge < -0.3 is 9.47 Å². The third-order valence-corrected chi connectivity index (χ3v) is 1.75. The molecule has 0 fully saturated rings. The van der Waals surface area contributed by atoms with Gasteiger partial charge in [0.05, 0.1) is 6.61 Å². The second kappa shape index (κ2) is 5.60. The standard InChI is InChI=1S/C9H8ClF2NO3/c1-2-15-8(14)5-4-13-7(10)3-6(5)16-9(11)12/h3-4,9H,2H2,1H3. The number of alkyl halides is 2. The van der Waals surface area contributed by atoms with Crippen molar-refractivity contribution in [3.8, 4) is 5.75 Å². The van der Waals surface area contributed by atoms with Crippen molar-refractivity contribution in [2.24, 2.45) is 0 Å². The van der Waals surface area contributed by atoms with E-state index >= 15 is 0 Å². The van der Waals surface area contributed by atoms with E-state index in [1.807, 2.05) is 0 Å². The minimum absolute atomic E-state index is 0.0521. The Bertz CT molecular complexity index is 387. The molecule has 0 saturated carbocycles. The molecule has 7 heteroatoms. The smallest absolute Gasteiger partial charge is 0.387 e. The highest BCUT2D eigenvalue weighted by molar-refractivity contribution is 6.29. The van der Waals surface area contributed by atoms with Gasteiger partial charge in [0.15, 0.2) is 0 Å². The van der Waals surface area contributed by atoms with Crippen LogP contribution in [-0.2, 0) is 4.74 Å². The van der Waals surface area contributed by atoms with Gasteiger partial charge in [-0.1, -0.05) is 11.6 Å². The lowest BCUT2D eigenvalue weighted by molar-refractivity contribution is -0.0504. The lowest BCUT2D eigenvalue weighted by Gasteiger charge is -2.09. The van der Waals surface area contributed by atoms with Crippen molar-refractivity contribution in [3.63, 3.8) is 0 Å².